The van der Waals surface area contributed by atoms with Crippen molar-refractivity contribution < 1.29 is 0 Å². The number of benzene rings is 1. The fourth-order valence-electron chi connectivity index (χ4n) is 1.15. The van der Waals surface area contributed by atoms with Crippen molar-refractivity contribution in [2.75, 3.05) is 11.5 Å². The molecule has 0 atom stereocenters. The Bertz CT molecular complexity index is 220. The van der Waals surface area contributed by atoms with Crippen LogP contribution in [0.2, 0.25) is 0 Å². The molecule has 70 valence electrons. The third-order valence-electron chi connectivity index (χ3n) is 1.71. The lowest BCUT2D eigenvalue weighted by atomic mass is 9.93. The summed E-state index contributed by atoms with van der Waals surface area (Å²) in [6.45, 7) is 4.44. The Labute approximate surface area is 89.8 Å². The first-order valence-corrected chi connectivity index (χ1v) is 6.76. The summed E-state index contributed by atoms with van der Waals surface area (Å²) in [5, 5.41) is 0.621. The molecule has 0 saturated carbocycles. The van der Waals surface area contributed by atoms with Gasteiger partial charge in [-0.25, -0.2) is 0 Å². The van der Waals surface area contributed by atoms with Gasteiger partial charge in [0.1, 0.15) is 0 Å². The van der Waals surface area contributed by atoms with Crippen molar-refractivity contribution in [3.05, 3.63) is 30.3 Å². The third-order valence-corrected chi connectivity index (χ3v) is 4.34. The molecule has 0 amide bonds. The Hall–Kier alpha value is -0.0151. The second kappa shape index (κ2) is 6.44. The van der Waals surface area contributed by atoms with Crippen molar-refractivity contribution in [1.82, 2.24) is 0 Å². The molecule has 0 aliphatic carbocycles. The van der Waals surface area contributed by atoms with Gasteiger partial charge in [-0.05, 0) is 11.5 Å². The molecule has 1 aromatic rings. The molecule has 0 aliphatic rings. The zero-order valence-corrected chi connectivity index (χ0v) is 9.83. The van der Waals surface area contributed by atoms with Gasteiger partial charge >= 0.3 is 5.27 Å². The maximum absolute atomic E-state index is 2.22. The van der Waals surface area contributed by atoms with Gasteiger partial charge in [0, 0.05) is 0 Å². The molecule has 0 bridgehead atoms. The summed E-state index contributed by atoms with van der Waals surface area (Å²) >= 11 is 4.03. The summed E-state index contributed by atoms with van der Waals surface area (Å²) in [4.78, 5) is 0. The zero-order valence-electron chi connectivity index (χ0n) is 8.19. The minimum atomic E-state index is 0.621. The lowest BCUT2D eigenvalue weighted by Gasteiger charge is -2.10. The largest absolute Gasteiger partial charge is 0.307 e. The zero-order chi connectivity index (χ0) is 9.52. The normalized spacial score (nSPS) is 10.0. The Balaban J connectivity index is 2.64. The lowest BCUT2D eigenvalue weighted by Crippen LogP contribution is -2.23. The van der Waals surface area contributed by atoms with Crippen LogP contribution in [-0.2, 0) is 0 Å². The molecule has 1 rings (SSSR count). The van der Waals surface area contributed by atoms with Crippen LogP contribution in [0, 0.1) is 0 Å². The van der Waals surface area contributed by atoms with Crippen LogP contribution in [0.5, 0.6) is 0 Å². The van der Waals surface area contributed by atoms with Gasteiger partial charge in [0.05, 0.1) is 0 Å². The number of hydrogen-bond acceptors (Lipinski definition) is 2. The van der Waals surface area contributed by atoms with E-state index >= 15 is 0 Å². The molecule has 0 unspecified atom stereocenters. The molecule has 1 aromatic carbocycles. The van der Waals surface area contributed by atoms with E-state index in [4.69, 9.17) is 0 Å². The van der Waals surface area contributed by atoms with Gasteiger partial charge in [-0.1, -0.05) is 49.6 Å². The van der Waals surface area contributed by atoms with Crippen LogP contribution in [0.3, 0.4) is 0 Å². The van der Waals surface area contributed by atoms with Crippen LogP contribution in [0.25, 0.3) is 0 Å². The quantitative estimate of drug-likeness (QED) is 0.685. The number of hydrogen-bond donors (Lipinski definition) is 0. The van der Waals surface area contributed by atoms with Crippen LogP contribution >= 0.6 is 23.2 Å². The molecule has 0 aromatic heterocycles. The molecular formula is C10H15BS2. The summed E-state index contributed by atoms with van der Waals surface area (Å²) in [7, 11) is 0. The second-order valence-corrected chi connectivity index (χ2v) is 5.72. The van der Waals surface area contributed by atoms with Gasteiger partial charge in [0.25, 0.3) is 0 Å². The molecule has 0 nitrogen and oxygen atoms in total. The maximum atomic E-state index is 2.22. The molecule has 3 heteroatoms. The van der Waals surface area contributed by atoms with Gasteiger partial charge in [-0.2, -0.15) is 23.2 Å². The van der Waals surface area contributed by atoms with Gasteiger partial charge < -0.3 is 0 Å². The van der Waals surface area contributed by atoms with Crippen molar-refractivity contribution in [2.24, 2.45) is 0 Å². The summed E-state index contributed by atoms with van der Waals surface area (Å²) in [5.74, 6) is 2.37. The molecule has 0 N–H and O–H groups in total. The maximum Gasteiger partial charge on any atom is 0.307 e. The van der Waals surface area contributed by atoms with E-state index in [-0.39, 0.29) is 0 Å². The molecule has 0 fully saturated rings. The number of rotatable bonds is 5. The molecule has 0 radical (unpaired) electrons. The average molecular weight is 210 g/mol. The predicted molar refractivity (Wildman–Crippen MR) is 68.1 cm³/mol. The van der Waals surface area contributed by atoms with Crippen molar-refractivity contribution in [2.45, 2.75) is 13.8 Å². The minimum absolute atomic E-state index is 0.621. The molecule has 0 spiro atoms. The van der Waals surface area contributed by atoms with E-state index in [2.05, 4.69) is 44.2 Å². The Morgan fingerprint density at radius 1 is 1.00 bits per heavy atom. The van der Waals surface area contributed by atoms with Crippen LogP contribution in [0.1, 0.15) is 13.8 Å². The van der Waals surface area contributed by atoms with E-state index in [1.165, 1.54) is 17.0 Å². The highest BCUT2D eigenvalue weighted by Gasteiger charge is 2.15. The first-order chi connectivity index (χ1) is 6.38. The van der Waals surface area contributed by atoms with E-state index in [0.29, 0.717) is 5.27 Å². The SMILES string of the molecule is CCSB(SCC)c1ccccc1. The highest BCUT2D eigenvalue weighted by Crippen LogP contribution is 2.18. The van der Waals surface area contributed by atoms with Crippen LogP contribution in [0.15, 0.2) is 30.3 Å². The highest BCUT2D eigenvalue weighted by molar-refractivity contribution is 8.55. The summed E-state index contributed by atoms with van der Waals surface area (Å²) in [5.41, 5.74) is 1.45. The van der Waals surface area contributed by atoms with Crippen molar-refractivity contribution in [1.29, 1.82) is 0 Å². The van der Waals surface area contributed by atoms with Gasteiger partial charge in [0.15, 0.2) is 0 Å². The summed E-state index contributed by atoms with van der Waals surface area (Å²) in [6, 6.07) is 10.8. The second-order valence-electron chi connectivity index (χ2n) is 2.65. The smallest absolute Gasteiger partial charge is 0.191 e. The highest BCUT2D eigenvalue weighted by atomic mass is 32.2. The monoisotopic (exact) mass is 210 g/mol. The Morgan fingerprint density at radius 2 is 1.54 bits per heavy atom. The van der Waals surface area contributed by atoms with E-state index in [0.717, 1.165) is 0 Å². The molecule has 0 saturated heterocycles. The molecule has 13 heavy (non-hydrogen) atoms. The van der Waals surface area contributed by atoms with Gasteiger partial charge in [0.2, 0.25) is 0 Å². The molecule has 0 heterocycles. The molecular weight excluding hydrogens is 195 g/mol. The van der Waals surface area contributed by atoms with E-state index in [9.17, 15) is 0 Å². The van der Waals surface area contributed by atoms with Crippen molar-refractivity contribution in [3.63, 3.8) is 0 Å². The Morgan fingerprint density at radius 3 is 2.00 bits per heavy atom. The summed E-state index contributed by atoms with van der Waals surface area (Å²) < 4.78 is 0. The van der Waals surface area contributed by atoms with Gasteiger partial charge in [-0.15, -0.1) is 0 Å². The minimum Gasteiger partial charge on any atom is -0.191 e. The standard InChI is InChI=1S/C10H15BS2/c1-3-12-11(13-4-2)10-8-6-5-7-9-10/h5-9H,3-4H2,1-2H3. The average Bonchev–Trinajstić information content (AvgIpc) is 2.19. The first-order valence-electron chi connectivity index (χ1n) is 4.66. The predicted octanol–water partition coefficient (Wildman–Crippen LogP) is 2.89. The van der Waals surface area contributed by atoms with E-state index in [1.54, 1.807) is 0 Å². The summed E-state index contributed by atoms with van der Waals surface area (Å²) in [6.07, 6.45) is 0. The van der Waals surface area contributed by atoms with Crippen LogP contribution in [-0.4, -0.2) is 16.8 Å². The Kier molecular flexibility index (Phi) is 5.48. The first kappa shape index (κ1) is 11.1. The third kappa shape index (κ3) is 3.69. The van der Waals surface area contributed by atoms with Crippen molar-refractivity contribution in [3.8, 4) is 0 Å². The van der Waals surface area contributed by atoms with E-state index in [1.807, 2.05) is 23.2 Å². The van der Waals surface area contributed by atoms with E-state index < -0.39 is 0 Å². The fraction of sp³-hybridized carbons (Fsp3) is 0.400. The topological polar surface area (TPSA) is 0 Å². The fourth-order valence-corrected chi connectivity index (χ4v) is 3.66. The van der Waals surface area contributed by atoms with Crippen LogP contribution < -0.4 is 5.46 Å². The van der Waals surface area contributed by atoms with Crippen LogP contribution in [0.4, 0.5) is 0 Å². The van der Waals surface area contributed by atoms with Gasteiger partial charge in [-0.3, -0.25) is 0 Å². The van der Waals surface area contributed by atoms with Crippen molar-refractivity contribution >= 4 is 34.0 Å². The lowest BCUT2D eigenvalue weighted by molar-refractivity contribution is 1.54. The molecule has 0 aliphatic heterocycles.